The predicted molar refractivity (Wildman–Crippen MR) is 115 cm³/mol. The SMILES string of the molecule is O=C(NC1CCc2ccccc21)[C@@H]1CCCN1C(=O)CCc1nc2ccccc2[nH]1. The standard InChI is InChI=1S/C24H26N4O2/c29-23(14-13-22-25-19-8-3-4-9-20(19)26-22)28-15-5-10-21(28)24(30)27-18-12-11-16-6-1-2-7-17(16)18/h1-4,6-9,18,21H,5,10-15H2,(H,25,26)(H,27,30)/t18?,21-/m0/s1. The van der Waals surface area contributed by atoms with Crippen molar-refractivity contribution in [3.05, 3.63) is 65.5 Å². The lowest BCUT2D eigenvalue weighted by atomic mass is 10.1. The molecular formula is C24H26N4O2. The number of para-hydroxylation sites is 2. The Kier molecular flexibility index (Phi) is 4.99. The fourth-order valence-corrected chi connectivity index (χ4v) is 4.81. The van der Waals surface area contributed by atoms with Crippen LogP contribution >= 0.6 is 0 Å². The first-order valence-corrected chi connectivity index (χ1v) is 10.8. The molecule has 154 valence electrons. The van der Waals surface area contributed by atoms with E-state index in [-0.39, 0.29) is 23.9 Å². The molecule has 0 bridgehead atoms. The molecule has 6 heteroatoms. The summed E-state index contributed by atoms with van der Waals surface area (Å²) in [7, 11) is 0. The number of nitrogens with zero attached hydrogens (tertiary/aromatic N) is 2. The molecule has 1 fully saturated rings. The van der Waals surface area contributed by atoms with Crippen LogP contribution in [0, 0.1) is 0 Å². The van der Waals surface area contributed by atoms with Crippen LogP contribution in [0.1, 0.15) is 48.7 Å². The molecule has 1 unspecified atom stereocenters. The number of carbonyl (C=O) groups is 2. The molecule has 2 aromatic carbocycles. The second-order valence-electron chi connectivity index (χ2n) is 8.24. The minimum absolute atomic E-state index is 0.0220. The number of aryl methyl sites for hydroxylation is 2. The van der Waals surface area contributed by atoms with E-state index in [1.54, 1.807) is 4.90 Å². The molecular weight excluding hydrogens is 376 g/mol. The Balaban J connectivity index is 1.21. The highest BCUT2D eigenvalue weighted by molar-refractivity contribution is 5.88. The van der Waals surface area contributed by atoms with Gasteiger partial charge in [0.1, 0.15) is 11.9 Å². The van der Waals surface area contributed by atoms with Crippen LogP contribution in [-0.4, -0.2) is 39.3 Å². The first kappa shape index (κ1) is 18.9. The average molecular weight is 402 g/mol. The van der Waals surface area contributed by atoms with Crippen molar-refractivity contribution < 1.29 is 9.59 Å². The molecule has 2 amide bonds. The van der Waals surface area contributed by atoms with Crippen LogP contribution < -0.4 is 5.32 Å². The van der Waals surface area contributed by atoms with E-state index in [9.17, 15) is 9.59 Å². The van der Waals surface area contributed by atoms with Gasteiger partial charge in [0.05, 0.1) is 17.1 Å². The first-order chi connectivity index (χ1) is 14.7. The van der Waals surface area contributed by atoms with Crippen molar-refractivity contribution in [1.29, 1.82) is 0 Å². The molecule has 0 saturated carbocycles. The van der Waals surface area contributed by atoms with Gasteiger partial charge in [-0.05, 0) is 48.9 Å². The van der Waals surface area contributed by atoms with Gasteiger partial charge in [-0.15, -0.1) is 0 Å². The van der Waals surface area contributed by atoms with Gasteiger partial charge in [0.15, 0.2) is 0 Å². The van der Waals surface area contributed by atoms with Gasteiger partial charge >= 0.3 is 0 Å². The highest BCUT2D eigenvalue weighted by Crippen LogP contribution is 2.31. The lowest BCUT2D eigenvalue weighted by molar-refractivity contribution is -0.138. The summed E-state index contributed by atoms with van der Waals surface area (Å²) in [6.45, 7) is 0.651. The number of amides is 2. The Hall–Kier alpha value is -3.15. The second kappa shape index (κ2) is 7.94. The van der Waals surface area contributed by atoms with E-state index in [2.05, 4.69) is 27.4 Å². The summed E-state index contributed by atoms with van der Waals surface area (Å²) in [5.74, 6) is 0.818. The van der Waals surface area contributed by atoms with Gasteiger partial charge < -0.3 is 15.2 Å². The number of hydrogen-bond donors (Lipinski definition) is 2. The van der Waals surface area contributed by atoms with Crippen molar-refractivity contribution in [3.63, 3.8) is 0 Å². The molecule has 2 aliphatic rings. The Morgan fingerprint density at radius 2 is 1.93 bits per heavy atom. The van der Waals surface area contributed by atoms with E-state index >= 15 is 0 Å². The van der Waals surface area contributed by atoms with E-state index in [0.717, 1.165) is 42.5 Å². The van der Waals surface area contributed by atoms with Gasteiger partial charge in [-0.2, -0.15) is 0 Å². The zero-order valence-electron chi connectivity index (χ0n) is 16.9. The lowest BCUT2D eigenvalue weighted by Crippen LogP contribution is -2.46. The van der Waals surface area contributed by atoms with Crippen molar-refractivity contribution in [2.45, 2.75) is 50.6 Å². The fourth-order valence-electron chi connectivity index (χ4n) is 4.81. The van der Waals surface area contributed by atoms with Gasteiger partial charge in [-0.1, -0.05) is 36.4 Å². The third kappa shape index (κ3) is 3.58. The Labute approximate surface area is 175 Å². The monoisotopic (exact) mass is 402 g/mol. The van der Waals surface area contributed by atoms with Gasteiger partial charge in [0.25, 0.3) is 0 Å². The largest absolute Gasteiger partial charge is 0.347 e. The summed E-state index contributed by atoms with van der Waals surface area (Å²) in [6.07, 6.45) is 4.43. The Morgan fingerprint density at radius 3 is 2.83 bits per heavy atom. The molecule has 5 rings (SSSR count). The van der Waals surface area contributed by atoms with Crippen LogP contribution in [0.5, 0.6) is 0 Å². The number of rotatable bonds is 5. The molecule has 1 aromatic heterocycles. The molecule has 2 heterocycles. The maximum absolute atomic E-state index is 13.0. The predicted octanol–water partition coefficient (Wildman–Crippen LogP) is 3.29. The molecule has 0 spiro atoms. The normalized spacial score (nSPS) is 20.5. The summed E-state index contributed by atoms with van der Waals surface area (Å²) in [4.78, 5) is 35.5. The molecule has 30 heavy (non-hydrogen) atoms. The van der Waals surface area contributed by atoms with Gasteiger partial charge in [0.2, 0.25) is 11.8 Å². The summed E-state index contributed by atoms with van der Waals surface area (Å²) in [5, 5.41) is 3.20. The third-order valence-electron chi connectivity index (χ3n) is 6.34. The molecule has 1 aliphatic heterocycles. The molecule has 1 saturated heterocycles. The second-order valence-corrected chi connectivity index (χ2v) is 8.24. The van der Waals surface area contributed by atoms with E-state index in [1.165, 1.54) is 11.1 Å². The van der Waals surface area contributed by atoms with Crippen molar-refractivity contribution in [1.82, 2.24) is 20.2 Å². The number of benzene rings is 2. The minimum atomic E-state index is -0.360. The first-order valence-electron chi connectivity index (χ1n) is 10.8. The maximum atomic E-state index is 13.0. The number of fused-ring (bicyclic) bond motifs is 2. The van der Waals surface area contributed by atoms with E-state index < -0.39 is 0 Å². The van der Waals surface area contributed by atoms with Crippen LogP contribution in [0.2, 0.25) is 0 Å². The smallest absolute Gasteiger partial charge is 0.243 e. The van der Waals surface area contributed by atoms with Gasteiger partial charge in [-0.25, -0.2) is 4.98 Å². The highest BCUT2D eigenvalue weighted by atomic mass is 16.2. The Morgan fingerprint density at radius 1 is 1.10 bits per heavy atom. The van der Waals surface area contributed by atoms with E-state index in [0.29, 0.717) is 19.4 Å². The molecule has 3 aromatic rings. The van der Waals surface area contributed by atoms with E-state index in [4.69, 9.17) is 0 Å². The zero-order chi connectivity index (χ0) is 20.5. The summed E-state index contributed by atoms with van der Waals surface area (Å²) >= 11 is 0. The van der Waals surface area contributed by atoms with Crippen LogP contribution in [0.25, 0.3) is 11.0 Å². The molecule has 0 radical (unpaired) electrons. The number of hydrogen-bond acceptors (Lipinski definition) is 3. The molecule has 2 N–H and O–H groups in total. The highest BCUT2D eigenvalue weighted by Gasteiger charge is 2.35. The van der Waals surface area contributed by atoms with Crippen molar-refractivity contribution in [2.24, 2.45) is 0 Å². The molecule has 6 nitrogen and oxygen atoms in total. The van der Waals surface area contributed by atoms with E-state index in [1.807, 2.05) is 36.4 Å². The summed E-state index contributed by atoms with van der Waals surface area (Å²) < 4.78 is 0. The number of aromatic nitrogens is 2. The van der Waals surface area contributed by atoms with Crippen molar-refractivity contribution in [2.75, 3.05) is 6.54 Å². The maximum Gasteiger partial charge on any atom is 0.243 e. The fraction of sp³-hybridized carbons (Fsp3) is 0.375. The number of aromatic amines is 1. The topological polar surface area (TPSA) is 78.1 Å². The van der Waals surface area contributed by atoms with Crippen LogP contribution in [0.4, 0.5) is 0 Å². The summed E-state index contributed by atoms with van der Waals surface area (Å²) in [5.41, 5.74) is 4.42. The average Bonchev–Trinajstić information content (AvgIpc) is 3.50. The van der Waals surface area contributed by atoms with Gasteiger partial charge in [0, 0.05) is 19.4 Å². The Bertz CT molecular complexity index is 1060. The number of imidazole rings is 1. The van der Waals surface area contributed by atoms with Crippen molar-refractivity contribution in [3.8, 4) is 0 Å². The summed E-state index contributed by atoms with van der Waals surface area (Å²) in [6, 6.07) is 15.8. The van der Waals surface area contributed by atoms with Crippen LogP contribution in [-0.2, 0) is 22.4 Å². The van der Waals surface area contributed by atoms with Crippen molar-refractivity contribution >= 4 is 22.8 Å². The zero-order valence-corrected chi connectivity index (χ0v) is 16.9. The molecule has 2 atom stereocenters. The number of likely N-dealkylation sites (tertiary alicyclic amines) is 1. The minimum Gasteiger partial charge on any atom is -0.347 e. The quantitative estimate of drug-likeness (QED) is 0.687. The number of carbonyl (C=O) groups excluding carboxylic acids is 2. The van der Waals surface area contributed by atoms with Crippen LogP contribution in [0.15, 0.2) is 48.5 Å². The van der Waals surface area contributed by atoms with Crippen LogP contribution in [0.3, 0.4) is 0 Å². The lowest BCUT2D eigenvalue weighted by Gasteiger charge is -2.25. The number of nitrogens with one attached hydrogen (secondary N) is 2. The molecule has 1 aliphatic carbocycles. The third-order valence-corrected chi connectivity index (χ3v) is 6.34. The number of H-pyrrole nitrogens is 1. The van der Waals surface area contributed by atoms with Gasteiger partial charge in [-0.3, -0.25) is 9.59 Å².